The topological polar surface area (TPSA) is 122 Å². The number of ether oxygens (including phenoxy) is 1. The summed E-state index contributed by atoms with van der Waals surface area (Å²) in [4.78, 5) is 28.9. The van der Waals surface area contributed by atoms with Gasteiger partial charge in [-0.3, -0.25) is 14.6 Å². The Labute approximate surface area is 172 Å². The fraction of sp³-hybridized carbons (Fsp3) is 0.227. The van der Waals surface area contributed by atoms with Gasteiger partial charge in [-0.1, -0.05) is 12.1 Å². The maximum absolute atomic E-state index is 12.7. The van der Waals surface area contributed by atoms with Crippen molar-refractivity contribution in [2.45, 2.75) is 25.8 Å². The molecule has 0 aliphatic rings. The molecule has 0 aliphatic carbocycles. The number of benzene rings is 1. The Morgan fingerprint density at radius 3 is 2.73 bits per heavy atom. The van der Waals surface area contributed by atoms with Crippen LogP contribution in [0.2, 0.25) is 0 Å². The Kier molecular flexibility index (Phi) is 6.36. The van der Waals surface area contributed by atoms with E-state index in [4.69, 9.17) is 9.15 Å². The lowest BCUT2D eigenvalue weighted by Crippen LogP contribution is -2.25. The van der Waals surface area contributed by atoms with Crippen LogP contribution in [0, 0.1) is 6.92 Å². The number of hydrogen-bond acceptors (Lipinski definition) is 7. The first-order valence-corrected chi connectivity index (χ1v) is 9.26. The Morgan fingerprint density at radius 2 is 2.03 bits per heavy atom. The Balaban J connectivity index is 1.94. The molecule has 3 N–H and O–H groups in total. The number of aromatic nitrogens is 1. The van der Waals surface area contributed by atoms with Crippen molar-refractivity contribution in [1.29, 1.82) is 0 Å². The molecular weight excluding hydrogens is 388 g/mol. The smallest absolute Gasteiger partial charge is 0.227 e. The molecule has 2 heterocycles. The minimum absolute atomic E-state index is 0.0271. The SMILES string of the molecule is COc1cc([C@H](CC(=O)NCc2ccccn2)c2oc(C)cc(=O)c2O)ccc1O. The third-order valence-corrected chi connectivity index (χ3v) is 4.58. The highest BCUT2D eigenvalue weighted by Crippen LogP contribution is 2.37. The van der Waals surface area contributed by atoms with Crippen LogP contribution in [0.4, 0.5) is 0 Å². The lowest BCUT2D eigenvalue weighted by atomic mass is 9.91. The van der Waals surface area contributed by atoms with Crippen LogP contribution >= 0.6 is 0 Å². The van der Waals surface area contributed by atoms with Gasteiger partial charge in [0, 0.05) is 18.7 Å². The van der Waals surface area contributed by atoms with Crippen molar-refractivity contribution in [3.63, 3.8) is 0 Å². The molecule has 0 saturated heterocycles. The number of aryl methyl sites for hydroxylation is 1. The maximum atomic E-state index is 12.7. The molecule has 156 valence electrons. The fourth-order valence-electron chi connectivity index (χ4n) is 3.08. The molecule has 1 atom stereocenters. The number of amides is 1. The molecule has 0 bridgehead atoms. The Bertz CT molecular complexity index is 1090. The van der Waals surface area contributed by atoms with E-state index in [2.05, 4.69) is 10.3 Å². The number of pyridine rings is 1. The molecule has 3 aromatic rings. The van der Waals surface area contributed by atoms with Crippen LogP contribution < -0.4 is 15.5 Å². The van der Waals surface area contributed by atoms with E-state index in [0.29, 0.717) is 17.0 Å². The standard InChI is InChI=1S/C22H22N2O6/c1-13-9-18(26)21(28)22(30-13)16(14-6-7-17(25)19(10-14)29-2)11-20(27)24-12-15-5-3-4-8-23-15/h3-10,16,25,28H,11-12H2,1-2H3,(H,24,27)/t16-/m0/s1. The second-order valence-electron chi connectivity index (χ2n) is 6.72. The molecule has 0 fully saturated rings. The van der Waals surface area contributed by atoms with Crippen molar-refractivity contribution >= 4 is 5.91 Å². The number of hydrogen-bond donors (Lipinski definition) is 3. The van der Waals surface area contributed by atoms with Crippen molar-refractivity contribution in [3.8, 4) is 17.2 Å². The number of carbonyl (C=O) groups is 1. The van der Waals surface area contributed by atoms with E-state index in [1.807, 2.05) is 6.07 Å². The summed E-state index contributed by atoms with van der Waals surface area (Å²) in [5, 5.41) is 23.0. The first-order chi connectivity index (χ1) is 14.4. The van der Waals surface area contributed by atoms with Crippen molar-refractivity contribution in [2.24, 2.45) is 0 Å². The number of nitrogens with zero attached hydrogens (tertiary/aromatic N) is 1. The summed E-state index contributed by atoms with van der Waals surface area (Å²) < 4.78 is 10.8. The van der Waals surface area contributed by atoms with E-state index in [1.54, 1.807) is 31.3 Å². The van der Waals surface area contributed by atoms with E-state index in [1.165, 1.54) is 25.3 Å². The van der Waals surface area contributed by atoms with Crippen LogP contribution in [0.5, 0.6) is 17.2 Å². The molecule has 0 spiro atoms. The summed E-state index contributed by atoms with van der Waals surface area (Å²) in [6.45, 7) is 1.81. The zero-order chi connectivity index (χ0) is 21.7. The first kappa shape index (κ1) is 20.9. The first-order valence-electron chi connectivity index (χ1n) is 9.26. The number of nitrogens with one attached hydrogen (secondary N) is 1. The normalized spacial score (nSPS) is 11.7. The largest absolute Gasteiger partial charge is 0.504 e. The second-order valence-corrected chi connectivity index (χ2v) is 6.72. The highest BCUT2D eigenvalue weighted by molar-refractivity contribution is 5.77. The lowest BCUT2D eigenvalue weighted by Gasteiger charge is -2.19. The van der Waals surface area contributed by atoms with Crippen molar-refractivity contribution < 1.29 is 24.2 Å². The monoisotopic (exact) mass is 410 g/mol. The molecule has 3 rings (SSSR count). The van der Waals surface area contributed by atoms with Crippen molar-refractivity contribution in [3.05, 3.63) is 81.7 Å². The minimum Gasteiger partial charge on any atom is -0.504 e. The van der Waals surface area contributed by atoms with Gasteiger partial charge in [-0.25, -0.2) is 0 Å². The number of rotatable bonds is 7. The van der Waals surface area contributed by atoms with E-state index in [9.17, 15) is 19.8 Å². The molecule has 2 aromatic heterocycles. The maximum Gasteiger partial charge on any atom is 0.227 e. The molecule has 0 radical (unpaired) electrons. The van der Waals surface area contributed by atoms with Gasteiger partial charge in [0.2, 0.25) is 17.1 Å². The molecule has 8 heteroatoms. The predicted molar refractivity (Wildman–Crippen MR) is 109 cm³/mol. The molecule has 0 unspecified atom stereocenters. The zero-order valence-corrected chi connectivity index (χ0v) is 16.6. The molecule has 0 aliphatic heterocycles. The number of phenols is 1. The third kappa shape index (κ3) is 4.78. The van der Waals surface area contributed by atoms with Gasteiger partial charge in [-0.15, -0.1) is 0 Å². The minimum atomic E-state index is -0.782. The van der Waals surface area contributed by atoms with Gasteiger partial charge in [-0.2, -0.15) is 0 Å². The summed E-state index contributed by atoms with van der Waals surface area (Å²) >= 11 is 0. The number of phenolic OH excluding ortho intramolecular Hbond substituents is 1. The highest BCUT2D eigenvalue weighted by Gasteiger charge is 2.26. The molecule has 1 amide bonds. The summed E-state index contributed by atoms with van der Waals surface area (Å²) in [7, 11) is 1.40. The van der Waals surface area contributed by atoms with Crippen molar-refractivity contribution in [1.82, 2.24) is 10.3 Å². The van der Waals surface area contributed by atoms with E-state index in [-0.39, 0.29) is 36.1 Å². The Hall–Kier alpha value is -3.81. The number of carbonyl (C=O) groups excluding carboxylic acids is 1. The van der Waals surface area contributed by atoms with Gasteiger partial charge in [0.1, 0.15) is 5.76 Å². The van der Waals surface area contributed by atoms with Crippen LogP contribution in [0.15, 0.2) is 57.9 Å². The van der Waals surface area contributed by atoms with E-state index in [0.717, 1.165) is 0 Å². The van der Waals surface area contributed by atoms with E-state index >= 15 is 0 Å². The predicted octanol–water partition coefficient (Wildman–Crippen LogP) is 2.60. The summed E-state index contributed by atoms with van der Waals surface area (Å²) in [5.41, 5.74) is 0.624. The van der Waals surface area contributed by atoms with Gasteiger partial charge < -0.3 is 24.7 Å². The lowest BCUT2D eigenvalue weighted by molar-refractivity contribution is -0.121. The zero-order valence-electron chi connectivity index (χ0n) is 16.6. The van der Waals surface area contributed by atoms with Gasteiger partial charge in [-0.05, 0) is 36.8 Å². The molecule has 8 nitrogen and oxygen atoms in total. The summed E-state index contributed by atoms with van der Waals surface area (Å²) in [6.07, 6.45) is 1.52. The average molecular weight is 410 g/mol. The highest BCUT2D eigenvalue weighted by atomic mass is 16.5. The molecule has 0 saturated carbocycles. The third-order valence-electron chi connectivity index (χ3n) is 4.58. The quantitative estimate of drug-likeness (QED) is 0.547. The van der Waals surface area contributed by atoms with Crippen LogP contribution in [0.1, 0.15) is 35.1 Å². The van der Waals surface area contributed by atoms with Gasteiger partial charge in [0.15, 0.2) is 17.3 Å². The van der Waals surface area contributed by atoms with Gasteiger partial charge in [0.25, 0.3) is 0 Å². The van der Waals surface area contributed by atoms with Crippen LogP contribution in [0.3, 0.4) is 0 Å². The fourth-order valence-corrected chi connectivity index (χ4v) is 3.08. The summed E-state index contributed by atoms with van der Waals surface area (Å²) in [5.74, 6) is -1.28. The van der Waals surface area contributed by atoms with E-state index < -0.39 is 17.1 Å². The number of aromatic hydroxyl groups is 2. The van der Waals surface area contributed by atoms with Crippen LogP contribution in [-0.2, 0) is 11.3 Å². The molecule has 1 aromatic carbocycles. The van der Waals surface area contributed by atoms with Crippen LogP contribution in [-0.4, -0.2) is 28.2 Å². The molecule has 30 heavy (non-hydrogen) atoms. The van der Waals surface area contributed by atoms with Gasteiger partial charge in [0.05, 0.1) is 25.3 Å². The molecular formula is C22H22N2O6. The van der Waals surface area contributed by atoms with Crippen LogP contribution in [0.25, 0.3) is 0 Å². The van der Waals surface area contributed by atoms with Crippen molar-refractivity contribution in [2.75, 3.05) is 7.11 Å². The number of methoxy groups -OCH3 is 1. The average Bonchev–Trinajstić information content (AvgIpc) is 2.74. The summed E-state index contributed by atoms with van der Waals surface area (Å²) in [6, 6.07) is 11.1. The second kappa shape index (κ2) is 9.13. The van der Waals surface area contributed by atoms with Gasteiger partial charge >= 0.3 is 0 Å². The Morgan fingerprint density at radius 1 is 1.23 bits per heavy atom.